The molecule has 2 rings (SSSR count). The summed E-state index contributed by atoms with van der Waals surface area (Å²) in [5.41, 5.74) is 4.31. The third-order valence-electron chi connectivity index (χ3n) is 2.80. The molecule has 0 heterocycles. The van der Waals surface area contributed by atoms with Gasteiger partial charge in [0.05, 0.1) is 17.8 Å². The maximum atomic E-state index is 9.89. The predicted octanol–water partition coefficient (Wildman–Crippen LogP) is 4.25. The molecule has 5 nitrogen and oxygen atoms in total. The van der Waals surface area contributed by atoms with Gasteiger partial charge in [-0.15, -0.1) is 0 Å². The predicted molar refractivity (Wildman–Crippen MR) is 103 cm³/mol. The Morgan fingerprint density at radius 1 is 1.26 bits per heavy atom. The van der Waals surface area contributed by atoms with Crippen LogP contribution in [0.1, 0.15) is 5.56 Å². The highest BCUT2D eigenvalue weighted by Crippen LogP contribution is 2.41. The number of thiocarbonyl (C=S) groups is 1. The Balaban J connectivity index is 2.06. The van der Waals surface area contributed by atoms with Gasteiger partial charge in [0.15, 0.2) is 16.6 Å². The lowest BCUT2D eigenvalue weighted by atomic mass is 10.2. The Morgan fingerprint density at radius 3 is 2.61 bits per heavy atom. The number of para-hydroxylation sites is 1. The Hall–Kier alpha value is -1.64. The van der Waals surface area contributed by atoms with E-state index in [1.807, 2.05) is 30.3 Å². The molecule has 0 fully saturated rings. The number of methoxy groups -OCH3 is 1. The highest BCUT2D eigenvalue weighted by atomic mass is 79.9. The van der Waals surface area contributed by atoms with Gasteiger partial charge in [-0.2, -0.15) is 5.10 Å². The lowest BCUT2D eigenvalue weighted by Gasteiger charge is -2.10. The number of hydrogen-bond acceptors (Lipinski definition) is 4. The Labute approximate surface area is 156 Å². The van der Waals surface area contributed by atoms with E-state index in [9.17, 15) is 5.11 Å². The summed E-state index contributed by atoms with van der Waals surface area (Å²) >= 11 is 11.8. The van der Waals surface area contributed by atoms with Crippen LogP contribution in [-0.2, 0) is 0 Å². The molecule has 0 aliphatic rings. The molecule has 0 aromatic heterocycles. The number of aromatic hydroxyl groups is 1. The number of nitrogens with one attached hydrogen (secondary N) is 2. The van der Waals surface area contributed by atoms with E-state index in [-0.39, 0.29) is 5.75 Å². The lowest BCUT2D eigenvalue weighted by molar-refractivity contribution is 0.371. The van der Waals surface area contributed by atoms with Crippen LogP contribution in [0.4, 0.5) is 5.69 Å². The molecule has 2 aromatic carbocycles. The largest absolute Gasteiger partial charge is 0.503 e. The SMILES string of the molecule is COc1cc(/C=N/NC(=S)Nc2ccccc2)c(Br)c(Br)c1O. The molecule has 8 heteroatoms. The highest BCUT2D eigenvalue weighted by Gasteiger charge is 2.13. The summed E-state index contributed by atoms with van der Waals surface area (Å²) in [6.45, 7) is 0. The molecule has 0 spiro atoms. The van der Waals surface area contributed by atoms with E-state index in [2.05, 4.69) is 47.7 Å². The number of benzene rings is 2. The fourth-order valence-corrected chi connectivity index (χ4v) is 2.70. The summed E-state index contributed by atoms with van der Waals surface area (Å²) in [6, 6.07) is 11.2. The number of rotatable bonds is 4. The van der Waals surface area contributed by atoms with Crippen molar-refractivity contribution in [3.8, 4) is 11.5 Å². The molecule has 23 heavy (non-hydrogen) atoms. The summed E-state index contributed by atoms with van der Waals surface area (Å²) in [5.74, 6) is 0.359. The molecule has 0 bridgehead atoms. The zero-order chi connectivity index (χ0) is 16.8. The molecule has 0 saturated carbocycles. The van der Waals surface area contributed by atoms with Gasteiger partial charge in [-0.3, -0.25) is 5.43 Å². The summed E-state index contributed by atoms with van der Waals surface area (Å²) in [4.78, 5) is 0. The van der Waals surface area contributed by atoms with E-state index in [0.717, 1.165) is 5.69 Å². The third kappa shape index (κ3) is 4.66. The first-order valence-corrected chi connectivity index (χ1v) is 8.42. The smallest absolute Gasteiger partial charge is 0.191 e. The maximum absolute atomic E-state index is 9.89. The van der Waals surface area contributed by atoms with Crippen molar-refractivity contribution in [3.63, 3.8) is 0 Å². The summed E-state index contributed by atoms with van der Waals surface area (Å²) in [5, 5.41) is 17.3. The van der Waals surface area contributed by atoms with Crippen molar-refractivity contribution >= 4 is 61.1 Å². The molecule has 0 amide bonds. The average molecular weight is 459 g/mol. The van der Waals surface area contributed by atoms with Gasteiger partial charge in [-0.25, -0.2) is 0 Å². The van der Waals surface area contributed by atoms with Gasteiger partial charge < -0.3 is 15.2 Å². The summed E-state index contributed by atoms with van der Waals surface area (Å²) in [6.07, 6.45) is 1.57. The number of halogens is 2. The van der Waals surface area contributed by atoms with E-state index in [1.54, 1.807) is 12.3 Å². The van der Waals surface area contributed by atoms with Crippen molar-refractivity contribution in [2.75, 3.05) is 12.4 Å². The highest BCUT2D eigenvalue weighted by molar-refractivity contribution is 9.13. The summed E-state index contributed by atoms with van der Waals surface area (Å²) < 4.78 is 6.25. The van der Waals surface area contributed by atoms with Crippen molar-refractivity contribution in [1.82, 2.24) is 5.43 Å². The van der Waals surface area contributed by atoms with Gasteiger partial charge >= 0.3 is 0 Å². The quantitative estimate of drug-likeness (QED) is 0.363. The molecular weight excluding hydrogens is 446 g/mol. The first-order chi connectivity index (χ1) is 11.0. The second-order valence-corrected chi connectivity index (χ2v) is 6.33. The number of hydrogen-bond donors (Lipinski definition) is 3. The van der Waals surface area contributed by atoms with Crippen LogP contribution in [0.2, 0.25) is 0 Å². The number of phenols is 1. The van der Waals surface area contributed by atoms with Gasteiger partial charge in [0, 0.05) is 15.7 Å². The zero-order valence-electron chi connectivity index (χ0n) is 12.0. The molecule has 0 saturated heterocycles. The first-order valence-electron chi connectivity index (χ1n) is 6.43. The lowest BCUT2D eigenvalue weighted by Crippen LogP contribution is -2.23. The number of nitrogens with zero attached hydrogens (tertiary/aromatic N) is 1. The molecule has 0 aliphatic heterocycles. The number of hydrazone groups is 1. The van der Waals surface area contributed by atoms with E-state index >= 15 is 0 Å². The van der Waals surface area contributed by atoms with E-state index in [4.69, 9.17) is 17.0 Å². The Kier molecular flexibility index (Phi) is 6.37. The third-order valence-corrected chi connectivity index (χ3v) is 5.15. The first kappa shape index (κ1) is 17.7. The van der Waals surface area contributed by atoms with Crippen LogP contribution in [-0.4, -0.2) is 23.5 Å². The fourth-order valence-electron chi connectivity index (χ4n) is 1.70. The van der Waals surface area contributed by atoms with Crippen LogP contribution in [0, 0.1) is 0 Å². The van der Waals surface area contributed by atoms with Crippen LogP contribution < -0.4 is 15.5 Å². The van der Waals surface area contributed by atoms with Gasteiger partial charge in [-0.1, -0.05) is 18.2 Å². The molecule has 120 valence electrons. The normalized spacial score (nSPS) is 10.6. The van der Waals surface area contributed by atoms with E-state index in [0.29, 0.717) is 25.4 Å². The molecule has 2 aromatic rings. The van der Waals surface area contributed by atoms with Crippen molar-refractivity contribution in [3.05, 3.63) is 50.9 Å². The second-order valence-electron chi connectivity index (χ2n) is 4.33. The van der Waals surface area contributed by atoms with Crippen LogP contribution in [0.15, 0.2) is 50.4 Å². The minimum Gasteiger partial charge on any atom is -0.503 e. The van der Waals surface area contributed by atoms with Crippen LogP contribution in [0.5, 0.6) is 11.5 Å². The summed E-state index contributed by atoms with van der Waals surface area (Å²) in [7, 11) is 1.48. The van der Waals surface area contributed by atoms with Crippen LogP contribution in [0.25, 0.3) is 0 Å². The molecular formula is C15H13Br2N3O2S. The molecule has 0 aliphatic carbocycles. The van der Waals surface area contributed by atoms with Crippen LogP contribution in [0.3, 0.4) is 0 Å². The molecule has 0 unspecified atom stereocenters. The Bertz CT molecular complexity index is 739. The standard InChI is InChI=1S/C15H13Br2N3O2S/c1-22-11-7-9(12(16)13(17)14(11)21)8-18-20-15(23)19-10-5-3-2-4-6-10/h2-8,21H,1H3,(H2,19,20,23)/b18-8+. The van der Waals surface area contributed by atoms with E-state index in [1.165, 1.54) is 7.11 Å². The minimum atomic E-state index is 0.0192. The monoisotopic (exact) mass is 457 g/mol. The molecule has 0 atom stereocenters. The van der Waals surface area contributed by atoms with Crippen molar-refractivity contribution in [2.24, 2.45) is 5.10 Å². The van der Waals surface area contributed by atoms with E-state index < -0.39 is 0 Å². The second kappa shape index (κ2) is 8.28. The number of anilines is 1. The van der Waals surface area contributed by atoms with Crippen molar-refractivity contribution < 1.29 is 9.84 Å². The Morgan fingerprint density at radius 2 is 1.96 bits per heavy atom. The maximum Gasteiger partial charge on any atom is 0.191 e. The fraction of sp³-hybridized carbons (Fsp3) is 0.0667. The molecule has 3 N–H and O–H groups in total. The topological polar surface area (TPSA) is 65.9 Å². The van der Waals surface area contributed by atoms with Gasteiger partial charge in [-0.05, 0) is 62.3 Å². The average Bonchev–Trinajstić information content (AvgIpc) is 2.56. The van der Waals surface area contributed by atoms with Crippen molar-refractivity contribution in [2.45, 2.75) is 0 Å². The molecule has 0 radical (unpaired) electrons. The van der Waals surface area contributed by atoms with Crippen LogP contribution >= 0.6 is 44.1 Å². The number of ether oxygens (including phenoxy) is 1. The van der Waals surface area contributed by atoms with Gasteiger partial charge in [0.1, 0.15) is 0 Å². The van der Waals surface area contributed by atoms with Gasteiger partial charge in [0.25, 0.3) is 0 Å². The minimum absolute atomic E-state index is 0.0192. The van der Waals surface area contributed by atoms with Crippen molar-refractivity contribution in [1.29, 1.82) is 0 Å². The number of phenolic OH excluding ortho intramolecular Hbond substituents is 1. The van der Waals surface area contributed by atoms with Gasteiger partial charge in [0.2, 0.25) is 0 Å². The zero-order valence-corrected chi connectivity index (χ0v) is 16.0.